The highest BCUT2D eigenvalue weighted by molar-refractivity contribution is 5.84. The Morgan fingerprint density at radius 3 is 2.92 bits per heavy atom. The van der Waals surface area contributed by atoms with Crippen molar-refractivity contribution < 1.29 is 9.53 Å². The van der Waals surface area contributed by atoms with E-state index in [1.807, 2.05) is 12.5 Å². The SMILES string of the molecule is COCCn1cncc1CN1CC[C@@]2(CCCN(CC3CCC3)C2=O)C1. The van der Waals surface area contributed by atoms with E-state index in [2.05, 4.69) is 19.4 Å². The van der Waals surface area contributed by atoms with Crippen LogP contribution >= 0.6 is 0 Å². The van der Waals surface area contributed by atoms with Crippen LogP contribution < -0.4 is 0 Å². The number of rotatable bonds is 7. The van der Waals surface area contributed by atoms with Crippen LogP contribution in [0.1, 0.15) is 44.2 Å². The van der Waals surface area contributed by atoms with Crippen molar-refractivity contribution in [3.05, 3.63) is 18.2 Å². The maximum Gasteiger partial charge on any atom is 0.230 e. The highest BCUT2D eigenvalue weighted by atomic mass is 16.5. The average molecular weight is 361 g/mol. The van der Waals surface area contributed by atoms with Gasteiger partial charge in [0.05, 0.1) is 24.0 Å². The van der Waals surface area contributed by atoms with Crippen LogP contribution in [0, 0.1) is 11.3 Å². The van der Waals surface area contributed by atoms with Crippen LogP contribution in [-0.4, -0.2) is 65.2 Å². The number of nitrogens with zero attached hydrogens (tertiary/aromatic N) is 4. The second kappa shape index (κ2) is 7.69. The fourth-order valence-corrected chi connectivity index (χ4v) is 4.89. The molecule has 144 valence electrons. The second-order valence-corrected chi connectivity index (χ2v) is 8.46. The van der Waals surface area contributed by atoms with Crippen molar-refractivity contribution in [2.45, 2.75) is 51.6 Å². The van der Waals surface area contributed by atoms with Crippen molar-refractivity contribution in [1.29, 1.82) is 0 Å². The molecule has 3 aliphatic rings. The maximum atomic E-state index is 13.2. The summed E-state index contributed by atoms with van der Waals surface area (Å²) in [7, 11) is 1.73. The van der Waals surface area contributed by atoms with Gasteiger partial charge in [0.15, 0.2) is 0 Å². The molecule has 6 heteroatoms. The van der Waals surface area contributed by atoms with E-state index >= 15 is 0 Å². The number of hydrogen-bond donors (Lipinski definition) is 0. The Labute approximate surface area is 156 Å². The summed E-state index contributed by atoms with van der Waals surface area (Å²) in [6.07, 6.45) is 11.0. The number of methoxy groups -OCH3 is 1. The van der Waals surface area contributed by atoms with Crippen molar-refractivity contribution in [3.63, 3.8) is 0 Å². The first-order chi connectivity index (χ1) is 12.7. The van der Waals surface area contributed by atoms with Crippen LogP contribution in [0.15, 0.2) is 12.5 Å². The quantitative estimate of drug-likeness (QED) is 0.748. The summed E-state index contributed by atoms with van der Waals surface area (Å²) in [6, 6.07) is 0. The molecule has 3 fully saturated rings. The lowest BCUT2D eigenvalue weighted by molar-refractivity contribution is -0.146. The molecule has 1 aliphatic carbocycles. The molecule has 0 aromatic carbocycles. The van der Waals surface area contributed by atoms with E-state index in [-0.39, 0.29) is 5.41 Å². The predicted octanol–water partition coefficient (Wildman–Crippen LogP) is 2.14. The van der Waals surface area contributed by atoms with Crippen LogP contribution in [0.4, 0.5) is 0 Å². The van der Waals surface area contributed by atoms with Gasteiger partial charge in [-0.1, -0.05) is 6.42 Å². The highest BCUT2D eigenvalue weighted by Gasteiger charge is 2.48. The van der Waals surface area contributed by atoms with Crippen LogP contribution in [0.5, 0.6) is 0 Å². The fraction of sp³-hybridized carbons (Fsp3) is 0.800. The Morgan fingerprint density at radius 1 is 1.27 bits per heavy atom. The first-order valence-electron chi connectivity index (χ1n) is 10.2. The summed E-state index contributed by atoms with van der Waals surface area (Å²) in [5.74, 6) is 1.20. The van der Waals surface area contributed by atoms with Crippen LogP contribution in [0.2, 0.25) is 0 Å². The molecule has 1 amide bonds. The van der Waals surface area contributed by atoms with Crippen molar-refractivity contribution in [1.82, 2.24) is 19.4 Å². The average Bonchev–Trinajstić information content (AvgIpc) is 3.21. The zero-order chi connectivity index (χ0) is 18.0. The first kappa shape index (κ1) is 18.0. The molecule has 1 aromatic rings. The van der Waals surface area contributed by atoms with Crippen molar-refractivity contribution >= 4 is 5.91 Å². The molecular weight excluding hydrogens is 328 g/mol. The van der Waals surface area contributed by atoms with Gasteiger partial charge < -0.3 is 14.2 Å². The third-order valence-electron chi connectivity index (χ3n) is 6.68. The molecular formula is C20H32N4O2. The third kappa shape index (κ3) is 3.54. The van der Waals surface area contributed by atoms with E-state index in [1.54, 1.807) is 7.11 Å². The van der Waals surface area contributed by atoms with Crippen LogP contribution in [0.3, 0.4) is 0 Å². The topological polar surface area (TPSA) is 50.6 Å². The molecule has 1 saturated carbocycles. The molecule has 4 rings (SSSR count). The fourth-order valence-electron chi connectivity index (χ4n) is 4.89. The van der Waals surface area contributed by atoms with Gasteiger partial charge in [0, 0.05) is 46.0 Å². The predicted molar refractivity (Wildman–Crippen MR) is 99.6 cm³/mol. The van der Waals surface area contributed by atoms with Gasteiger partial charge >= 0.3 is 0 Å². The molecule has 0 radical (unpaired) electrons. The standard InChI is InChI=1S/C20H32N4O2/c1-26-11-10-24-16-21-12-18(24)14-22-9-7-20(15-22)6-3-8-23(19(20)25)13-17-4-2-5-17/h12,16-17H,2-11,13-15H2,1H3/t20-/m0/s1. The molecule has 6 nitrogen and oxygen atoms in total. The number of ether oxygens (including phenoxy) is 1. The minimum Gasteiger partial charge on any atom is -0.383 e. The Kier molecular flexibility index (Phi) is 5.32. The lowest BCUT2D eigenvalue weighted by Gasteiger charge is -2.42. The molecule has 26 heavy (non-hydrogen) atoms. The van der Waals surface area contributed by atoms with Gasteiger partial charge in [-0.05, 0) is 44.6 Å². The number of carbonyl (C=O) groups is 1. The summed E-state index contributed by atoms with van der Waals surface area (Å²) in [5, 5.41) is 0. The van der Waals surface area contributed by atoms with Gasteiger partial charge in [-0.2, -0.15) is 0 Å². The van der Waals surface area contributed by atoms with Gasteiger partial charge in [-0.15, -0.1) is 0 Å². The van der Waals surface area contributed by atoms with Gasteiger partial charge in [0.2, 0.25) is 5.91 Å². The highest BCUT2D eigenvalue weighted by Crippen LogP contribution is 2.41. The largest absolute Gasteiger partial charge is 0.383 e. The number of imidazole rings is 1. The third-order valence-corrected chi connectivity index (χ3v) is 6.68. The lowest BCUT2D eigenvalue weighted by atomic mass is 9.77. The molecule has 0 bridgehead atoms. The van der Waals surface area contributed by atoms with Gasteiger partial charge in [-0.3, -0.25) is 9.69 Å². The number of likely N-dealkylation sites (tertiary alicyclic amines) is 2. The molecule has 0 unspecified atom stereocenters. The summed E-state index contributed by atoms with van der Waals surface area (Å²) in [5.41, 5.74) is 1.09. The second-order valence-electron chi connectivity index (χ2n) is 8.46. The Balaban J connectivity index is 1.37. The van der Waals surface area contributed by atoms with E-state index in [0.717, 1.165) is 64.4 Å². The van der Waals surface area contributed by atoms with Gasteiger partial charge in [0.1, 0.15) is 0 Å². The Morgan fingerprint density at radius 2 is 2.15 bits per heavy atom. The van der Waals surface area contributed by atoms with E-state index in [4.69, 9.17) is 4.74 Å². The summed E-state index contributed by atoms with van der Waals surface area (Å²) < 4.78 is 7.36. The molecule has 2 saturated heterocycles. The zero-order valence-electron chi connectivity index (χ0n) is 16.0. The van der Waals surface area contributed by atoms with Gasteiger partial charge in [0.25, 0.3) is 0 Å². The summed E-state index contributed by atoms with van der Waals surface area (Å²) in [4.78, 5) is 22.2. The summed E-state index contributed by atoms with van der Waals surface area (Å²) in [6.45, 7) is 6.30. The summed E-state index contributed by atoms with van der Waals surface area (Å²) >= 11 is 0. The van der Waals surface area contributed by atoms with Crippen molar-refractivity contribution in [2.24, 2.45) is 11.3 Å². The normalized spacial score (nSPS) is 27.4. The zero-order valence-corrected chi connectivity index (χ0v) is 16.0. The molecule has 0 N–H and O–H groups in total. The Bertz CT molecular complexity index is 627. The van der Waals surface area contributed by atoms with E-state index < -0.39 is 0 Å². The van der Waals surface area contributed by atoms with Crippen LogP contribution in [-0.2, 0) is 22.6 Å². The van der Waals surface area contributed by atoms with E-state index in [1.165, 1.54) is 25.0 Å². The monoisotopic (exact) mass is 360 g/mol. The molecule has 2 aliphatic heterocycles. The van der Waals surface area contributed by atoms with E-state index in [9.17, 15) is 4.79 Å². The number of hydrogen-bond acceptors (Lipinski definition) is 4. The number of piperidine rings is 1. The number of carbonyl (C=O) groups excluding carboxylic acids is 1. The van der Waals surface area contributed by atoms with Crippen molar-refractivity contribution in [2.75, 3.05) is 39.9 Å². The van der Waals surface area contributed by atoms with Crippen LogP contribution in [0.25, 0.3) is 0 Å². The minimum absolute atomic E-state index is 0.126. The lowest BCUT2D eigenvalue weighted by Crippen LogP contribution is -2.51. The molecule has 1 aromatic heterocycles. The molecule has 3 heterocycles. The maximum absolute atomic E-state index is 13.2. The smallest absolute Gasteiger partial charge is 0.230 e. The molecule has 1 atom stereocenters. The van der Waals surface area contributed by atoms with Crippen molar-refractivity contribution in [3.8, 4) is 0 Å². The number of aromatic nitrogens is 2. The Hall–Kier alpha value is -1.40. The first-order valence-corrected chi connectivity index (χ1v) is 10.2. The van der Waals surface area contributed by atoms with E-state index in [0.29, 0.717) is 12.5 Å². The minimum atomic E-state index is -0.126. The number of amides is 1. The van der Waals surface area contributed by atoms with Gasteiger partial charge in [-0.25, -0.2) is 4.98 Å². The molecule has 1 spiro atoms.